The van der Waals surface area contributed by atoms with Crippen LogP contribution in [0.15, 0.2) is 217 Å². The fourth-order valence-electron chi connectivity index (χ4n) is 11.8. The average molecular weight is 845 g/mol. The summed E-state index contributed by atoms with van der Waals surface area (Å²) in [6.07, 6.45) is 0. The molecule has 2 aliphatic rings. The molecule has 11 aromatic rings. The maximum absolute atomic E-state index is 6.65. The monoisotopic (exact) mass is 844 g/mol. The van der Waals surface area contributed by atoms with Crippen LogP contribution in [-0.2, 0) is 10.8 Å². The van der Waals surface area contributed by atoms with Gasteiger partial charge in [0.05, 0.1) is 0 Å². The van der Waals surface area contributed by atoms with Gasteiger partial charge < -0.3 is 4.42 Å². The van der Waals surface area contributed by atoms with E-state index in [1.54, 1.807) is 0 Å². The summed E-state index contributed by atoms with van der Waals surface area (Å²) in [5.74, 6) is -0.0414. The topological polar surface area (TPSA) is 13.1 Å². The first-order valence-electron chi connectivity index (χ1n) is 23.4. The van der Waals surface area contributed by atoms with Crippen LogP contribution in [0, 0.1) is 0 Å². The molecule has 13 rings (SSSR count). The molecule has 1 nitrogen and oxygen atoms in total. The Balaban J connectivity index is 1.000. The third-order valence-corrected chi connectivity index (χ3v) is 15.2. The van der Waals surface area contributed by atoms with Crippen molar-refractivity contribution in [2.75, 3.05) is 0 Å². The molecule has 1 aromatic heterocycles. The minimum atomic E-state index is -0.189. The van der Waals surface area contributed by atoms with Gasteiger partial charge in [0.2, 0.25) is 0 Å². The maximum atomic E-state index is 6.65. The van der Waals surface area contributed by atoms with Gasteiger partial charge in [-0.05, 0) is 118 Å². The molecule has 0 aliphatic heterocycles. The maximum Gasteiger partial charge on any atom is 0.143 e. The molecule has 0 saturated heterocycles. The van der Waals surface area contributed by atoms with Gasteiger partial charge in [-0.3, -0.25) is 0 Å². The molecule has 0 saturated carbocycles. The van der Waals surface area contributed by atoms with Crippen LogP contribution in [-0.4, -0.2) is 0 Å². The largest absolute Gasteiger partial charge is 0.455 e. The van der Waals surface area contributed by atoms with Crippen LogP contribution in [0.3, 0.4) is 0 Å². The Bertz CT molecular complexity index is 3600. The van der Waals surface area contributed by atoms with Gasteiger partial charge in [-0.2, -0.15) is 0 Å². The van der Waals surface area contributed by atoms with Crippen molar-refractivity contribution >= 4 is 32.7 Å². The summed E-state index contributed by atoms with van der Waals surface area (Å²) in [4.78, 5) is 0. The van der Waals surface area contributed by atoms with Gasteiger partial charge in [0.25, 0.3) is 0 Å². The van der Waals surface area contributed by atoms with E-state index in [1.807, 2.05) is 0 Å². The summed E-state index contributed by atoms with van der Waals surface area (Å²) < 4.78 is 6.65. The first-order chi connectivity index (χ1) is 32.2. The van der Waals surface area contributed by atoms with Crippen LogP contribution in [0.1, 0.15) is 72.6 Å². The van der Waals surface area contributed by atoms with Crippen molar-refractivity contribution < 1.29 is 4.42 Å². The Morgan fingerprint density at radius 1 is 0.318 bits per heavy atom. The number of hydrogen-bond acceptors (Lipinski definition) is 1. The van der Waals surface area contributed by atoms with Crippen LogP contribution in [0.4, 0.5) is 0 Å². The number of rotatable bonds is 6. The van der Waals surface area contributed by atoms with E-state index in [9.17, 15) is 0 Å². The van der Waals surface area contributed by atoms with Crippen LogP contribution in [0.2, 0.25) is 0 Å². The molecular weight excluding hydrogens is 797 g/mol. The lowest BCUT2D eigenvalue weighted by molar-refractivity contribution is 0.657. The SMILES string of the molecule is CC1(C)c2cc(-c3ccccc3)ccc2-c2ccc(C(c3ccc4c(c3)C(C)(C)c3cc(-c5ccccc5)ccc3-4)c3ccc(-c4cccc5c4oc4ccccc45)c4ccccc34)cc21. The molecule has 0 spiro atoms. The fourth-order valence-corrected chi connectivity index (χ4v) is 11.8. The van der Waals surface area contributed by atoms with Crippen LogP contribution in [0.25, 0.3) is 88.3 Å². The minimum Gasteiger partial charge on any atom is -0.455 e. The fraction of sp³-hybridized carbons (Fsp3) is 0.108. The Hall–Kier alpha value is -7.74. The molecule has 0 radical (unpaired) electrons. The normalized spacial score (nSPS) is 14.1. The van der Waals surface area contributed by atoms with E-state index in [2.05, 4.69) is 240 Å². The summed E-state index contributed by atoms with van der Waals surface area (Å²) in [6.45, 7) is 9.64. The third kappa shape index (κ3) is 5.72. The van der Waals surface area contributed by atoms with Gasteiger partial charge in [-0.1, -0.05) is 222 Å². The van der Waals surface area contributed by atoms with Crippen molar-refractivity contribution in [2.24, 2.45) is 0 Å². The molecule has 0 fully saturated rings. The second kappa shape index (κ2) is 14.4. The Morgan fingerprint density at radius 3 is 1.35 bits per heavy atom. The lowest BCUT2D eigenvalue weighted by Gasteiger charge is -2.27. The van der Waals surface area contributed by atoms with E-state index in [-0.39, 0.29) is 16.7 Å². The summed E-state index contributed by atoms with van der Waals surface area (Å²) in [5.41, 5.74) is 23.5. The van der Waals surface area contributed by atoms with Crippen LogP contribution >= 0.6 is 0 Å². The van der Waals surface area contributed by atoms with E-state index >= 15 is 0 Å². The molecule has 314 valence electrons. The second-order valence-corrected chi connectivity index (χ2v) is 19.6. The van der Waals surface area contributed by atoms with Gasteiger partial charge in [-0.15, -0.1) is 0 Å². The summed E-state index contributed by atoms with van der Waals surface area (Å²) in [6, 6.07) is 79.1. The second-order valence-electron chi connectivity index (χ2n) is 19.6. The van der Waals surface area contributed by atoms with Crippen LogP contribution in [0.5, 0.6) is 0 Å². The van der Waals surface area contributed by atoms with Gasteiger partial charge in [0.1, 0.15) is 11.2 Å². The van der Waals surface area contributed by atoms with E-state index in [0.29, 0.717) is 0 Å². The molecule has 10 aromatic carbocycles. The summed E-state index contributed by atoms with van der Waals surface area (Å²) >= 11 is 0. The van der Waals surface area contributed by atoms with E-state index < -0.39 is 0 Å². The smallest absolute Gasteiger partial charge is 0.143 e. The lowest BCUT2D eigenvalue weighted by Crippen LogP contribution is -2.17. The highest BCUT2D eigenvalue weighted by atomic mass is 16.3. The minimum absolute atomic E-state index is 0.0414. The standard InChI is InChI=1S/C65H48O/c1-64(2)57-36-42(40-16-7-5-8-17-40)26-30-49(57)51-32-28-44(38-59(51)64)62(45-29-33-52-50-31-27-43(41-18-9-6-10-19-41)37-58(50)65(3,4)60(52)39-45)54-35-34-48(46-20-11-12-21-47(46)54)55-23-15-24-56-53-22-13-14-25-61(53)66-63(55)56/h5-39,62H,1-4H3. The Morgan fingerprint density at radius 2 is 0.773 bits per heavy atom. The zero-order valence-corrected chi connectivity index (χ0v) is 37.7. The zero-order valence-electron chi connectivity index (χ0n) is 37.7. The predicted molar refractivity (Wildman–Crippen MR) is 276 cm³/mol. The first kappa shape index (κ1) is 38.7. The molecule has 66 heavy (non-hydrogen) atoms. The number of para-hydroxylation sites is 2. The molecule has 0 bridgehead atoms. The Kier molecular flexibility index (Phi) is 8.43. The number of furan rings is 1. The van der Waals surface area contributed by atoms with Crippen molar-refractivity contribution in [2.45, 2.75) is 44.4 Å². The van der Waals surface area contributed by atoms with Crippen molar-refractivity contribution in [3.63, 3.8) is 0 Å². The van der Waals surface area contributed by atoms with Crippen molar-refractivity contribution in [3.05, 3.63) is 251 Å². The average Bonchev–Trinajstić information content (AvgIpc) is 3.94. The number of hydrogen-bond donors (Lipinski definition) is 0. The molecule has 0 atom stereocenters. The number of benzene rings is 10. The molecular formula is C65H48O. The van der Waals surface area contributed by atoms with Gasteiger partial charge in [0.15, 0.2) is 0 Å². The van der Waals surface area contributed by atoms with Gasteiger partial charge in [-0.25, -0.2) is 0 Å². The molecule has 0 unspecified atom stereocenters. The summed E-state index contributed by atoms with van der Waals surface area (Å²) in [5, 5.41) is 4.76. The number of fused-ring (bicyclic) bond motifs is 10. The quantitative estimate of drug-likeness (QED) is 0.152. The van der Waals surface area contributed by atoms with Crippen molar-refractivity contribution in [1.82, 2.24) is 0 Å². The molecule has 0 amide bonds. The van der Waals surface area contributed by atoms with Crippen molar-refractivity contribution in [3.8, 4) is 55.6 Å². The lowest BCUT2D eigenvalue weighted by atomic mass is 9.76. The van der Waals surface area contributed by atoms with E-state index in [4.69, 9.17) is 4.42 Å². The first-order valence-corrected chi connectivity index (χ1v) is 23.4. The highest BCUT2D eigenvalue weighted by Crippen LogP contribution is 2.54. The van der Waals surface area contributed by atoms with E-state index in [0.717, 1.165) is 27.5 Å². The third-order valence-electron chi connectivity index (χ3n) is 15.2. The van der Waals surface area contributed by atoms with Gasteiger partial charge in [0, 0.05) is 33.1 Å². The van der Waals surface area contributed by atoms with Gasteiger partial charge >= 0.3 is 0 Å². The highest BCUT2D eigenvalue weighted by molar-refractivity contribution is 6.12. The molecule has 1 heterocycles. The Labute approximate surface area is 386 Å². The zero-order chi connectivity index (χ0) is 44.3. The molecule has 2 aliphatic carbocycles. The molecule has 1 heteroatoms. The van der Waals surface area contributed by atoms with E-state index in [1.165, 1.54) is 99.8 Å². The molecule has 0 N–H and O–H groups in total. The van der Waals surface area contributed by atoms with Crippen molar-refractivity contribution in [1.29, 1.82) is 0 Å². The highest BCUT2D eigenvalue weighted by Gasteiger charge is 2.39. The predicted octanol–water partition coefficient (Wildman–Crippen LogP) is 17.5. The summed E-state index contributed by atoms with van der Waals surface area (Å²) in [7, 11) is 0. The van der Waals surface area contributed by atoms with Crippen LogP contribution < -0.4 is 0 Å².